The molecule has 0 spiro atoms. The first-order valence-corrected chi connectivity index (χ1v) is 9.88. The molecule has 0 bridgehead atoms. The third kappa shape index (κ3) is 4.57. The predicted octanol–water partition coefficient (Wildman–Crippen LogP) is 1.51. The SMILES string of the molecule is COc1cc(Br)c(S(=O)(=O)NCCNC(=O)c2cccn2C)cc1OC. The van der Waals surface area contributed by atoms with E-state index in [2.05, 4.69) is 26.0 Å². The summed E-state index contributed by atoms with van der Waals surface area (Å²) in [5, 5.41) is 2.66. The van der Waals surface area contributed by atoms with Crippen molar-refractivity contribution in [2.45, 2.75) is 4.90 Å². The van der Waals surface area contributed by atoms with E-state index in [9.17, 15) is 13.2 Å². The predicted molar refractivity (Wildman–Crippen MR) is 100 cm³/mol. The van der Waals surface area contributed by atoms with Crippen LogP contribution < -0.4 is 19.5 Å². The molecular weight excluding hydrogens is 426 g/mol. The van der Waals surface area contributed by atoms with E-state index in [0.717, 1.165) is 0 Å². The zero-order chi connectivity index (χ0) is 19.3. The Kier molecular flexibility index (Phi) is 6.68. The highest BCUT2D eigenvalue weighted by Gasteiger charge is 2.21. The van der Waals surface area contributed by atoms with Gasteiger partial charge in [0, 0.05) is 36.9 Å². The van der Waals surface area contributed by atoms with Crippen LogP contribution >= 0.6 is 15.9 Å². The van der Waals surface area contributed by atoms with Crippen LogP contribution in [0.5, 0.6) is 11.5 Å². The lowest BCUT2D eigenvalue weighted by Crippen LogP contribution is -2.35. The number of ether oxygens (including phenoxy) is 2. The summed E-state index contributed by atoms with van der Waals surface area (Å²) in [4.78, 5) is 12.0. The van der Waals surface area contributed by atoms with E-state index in [0.29, 0.717) is 21.7 Å². The number of sulfonamides is 1. The second-order valence-corrected chi connectivity index (χ2v) is 7.89. The van der Waals surface area contributed by atoms with Gasteiger partial charge in [-0.25, -0.2) is 13.1 Å². The van der Waals surface area contributed by atoms with Gasteiger partial charge in [0.25, 0.3) is 5.91 Å². The Balaban J connectivity index is 2.01. The Morgan fingerprint density at radius 2 is 1.85 bits per heavy atom. The third-order valence-electron chi connectivity index (χ3n) is 3.61. The highest BCUT2D eigenvalue weighted by atomic mass is 79.9. The molecule has 1 aromatic heterocycles. The maximum absolute atomic E-state index is 12.5. The zero-order valence-electron chi connectivity index (χ0n) is 14.6. The molecule has 142 valence electrons. The van der Waals surface area contributed by atoms with E-state index in [1.807, 2.05) is 0 Å². The van der Waals surface area contributed by atoms with Crippen LogP contribution in [0.25, 0.3) is 0 Å². The number of nitrogens with zero attached hydrogens (tertiary/aromatic N) is 1. The molecule has 0 saturated carbocycles. The maximum atomic E-state index is 12.5. The number of hydrogen-bond acceptors (Lipinski definition) is 5. The van der Waals surface area contributed by atoms with Crippen molar-refractivity contribution in [1.29, 1.82) is 0 Å². The van der Waals surface area contributed by atoms with Crippen LogP contribution in [-0.4, -0.2) is 46.2 Å². The first-order chi connectivity index (χ1) is 12.3. The zero-order valence-corrected chi connectivity index (χ0v) is 17.0. The van der Waals surface area contributed by atoms with Gasteiger partial charge in [-0.15, -0.1) is 0 Å². The number of amides is 1. The normalized spacial score (nSPS) is 11.2. The number of nitrogens with one attached hydrogen (secondary N) is 2. The fourth-order valence-electron chi connectivity index (χ4n) is 2.27. The number of hydrogen-bond donors (Lipinski definition) is 2. The van der Waals surface area contributed by atoms with Crippen molar-refractivity contribution in [3.05, 3.63) is 40.6 Å². The van der Waals surface area contributed by atoms with E-state index in [1.54, 1.807) is 29.9 Å². The van der Waals surface area contributed by atoms with Crippen LogP contribution in [0, 0.1) is 0 Å². The van der Waals surface area contributed by atoms with Gasteiger partial charge in [-0.2, -0.15) is 0 Å². The molecule has 0 fully saturated rings. The average molecular weight is 446 g/mol. The lowest BCUT2D eigenvalue weighted by Gasteiger charge is -2.13. The Morgan fingerprint density at radius 3 is 2.42 bits per heavy atom. The van der Waals surface area contributed by atoms with Crippen LogP contribution in [0.2, 0.25) is 0 Å². The van der Waals surface area contributed by atoms with Gasteiger partial charge in [0.15, 0.2) is 11.5 Å². The van der Waals surface area contributed by atoms with Gasteiger partial charge in [0.05, 0.1) is 14.2 Å². The van der Waals surface area contributed by atoms with E-state index in [1.165, 1.54) is 26.4 Å². The summed E-state index contributed by atoms with van der Waals surface area (Å²) in [5.41, 5.74) is 0.496. The Bertz CT molecular complexity index is 895. The first kappa shape index (κ1) is 20.3. The second kappa shape index (κ2) is 8.56. The monoisotopic (exact) mass is 445 g/mol. The number of methoxy groups -OCH3 is 2. The summed E-state index contributed by atoms with van der Waals surface area (Å²) in [7, 11) is 0.849. The summed E-state index contributed by atoms with van der Waals surface area (Å²) < 4.78 is 39.7. The highest BCUT2D eigenvalue weighted by molar-refractivity contribution is 9.10. The van der Waals surface area contributed by atoms with E-state index in [-0.39, 0.29) is 23.9 Å². The van der Waals surface area contributed by atoms with Crippen molar-refractivity contribution in [3.8, 4) is 11.5 Å². The molecule has 2 N–H and O–H groups in total. The van der Waals surface area contributed by atoms with Crippen molar-refractivity contribution in [1.82, 2.24) is 14.6 Å². The van der Waals surface area contributed by atoms with Crippen molar-refractivity contribution >= 4 is 31.9 Å². The standard InChI is InChI=1S/C16H20BrN3O5S/c1-20-8-4-5-12(20)16(21)18-6-7-19-26(22,23)15-10-14(25-3)13(24-2)9-11(15)17/h4-5,8-10,19H,6-7H2,1-3H3,(H,18,21). The molecular formula is C16H20BrN3O5S. The minimum atomic E-state index is -3.80. The maximum Gasteiger partial charge on any atom is 0.267 e. The molecule has 0 unspecified atom stereocenters. The molecule has 10 heteroatoms. The molecule has 1 heterocycles. The summed E-state index contributed by atoms with van der Waals surface area (Å²) in [6, 6.07) is 6.32. The Morgan fingerprint density at radius 1 is 1.19 bits per heavy atom. The topological polar surface area (TPSA) is 98.7 Å². The number of aryl methyl sites for hydroxylation is 1. The van der Waals surface area contributed by atoms with Crippen molar-refractivity contribution in [2.24, 2.45) is 7.05 Å². The number of benzene rings is 1. The molecule has 2 aromatic rings. The molecule has 0 aliphatic carbocycles. The van der Waals surface area contributed by atoms with Gasteiger partial charge in [0.2, 0.25) is 10.0 Å². The first-order valence-electron chi connectivity index (χ1n) is 7.61. The van der Waals surface area contributed by atoms with Gasteiger partial charge in [-0.1, -0.05) is 0 Å². The number of aromatic nitrogens is 1. The van der Waals surface area contributed by atoms with Crippen LogP contribution in [0.1, 0.15) is 10.5 Å². The van der Waals surface area contributed by atoms with Gasteiger partial charge < -0.3 is 19.4 Å². The third-order valence-corrected chi connectivity index (χ3v) is 6.03. The summed E-state index contributed by atoms with van der Waals surface area (Å²) in [6.07, 6.45) is 1.76. The van der Waals surface area contributed by atoms with E-state index >= 15 is 0 Å². The number of carbonyl (C=O) groups is 1. The largest absolute Gasteiger partial charge is 0.493 e. The average Bonchev–Trinajstić information content (AvgIpc) is 3.04. The molecule has 0 aliphatic rings. The summed E-state index contributed by atoms with van der Waals surface area (Å²) >= 11 is 3.23. The molecule has 8 nitrogen and oxygen atoms in total. The van der Waals surface area contributed by atoms with Gasteiger partial charge in [0.1, 0.15) is 10.6 Å². The Labute approximate surface area is 160 Å². The molecule has 0 atom stereocenters. The van der Waals surface area contributed by atoms with E-state index in [4.69, 9.17) is 9.47 Å². The van der Waals surface area contributed by atoms with Gasteiger partial charge in [-0.3, -0.25) is 4.79 Å². The van der Waals surface area contributed by atoms with Crippen LogP contribution in [-0.2, 0) is 17.1 Å². The molecule has 0 aliphatic heterocycles. The smallest absolute Gasteiger partial charge is 0.267 e. The van der Waals surface area contributed by atoms with Crippen LogP contribution in [0.4, 0.5) is 0 Å². The minimum Gasteiger partial charge on any atom is -0.493 e. The quantitative estimate of drug-likeness (QED) is 0.600. The summed E-state index contributed by atoms with van der Waals surface area (Å²) in [5.74, 6) is 0.435. The fourth-order valence-corrected chi connectivity index (χ4v) is 4.33. The number of halogens is 1. The molecule has 1 amide bonds. The second-order valence-electron chi connectivity index (χ2n) is 5.30. The molecule has 0 saturated heterocycles. The molecule has 2 rings (SSSR count). The molecule has 26 heavy (non-hydrogen) atoms. The van der Waals surface area contributed by atoms with Crippen molar-refractivity contribution in [2.75, 3.05) is 27.3 Å². The van der Waals surface area contributed by atoms with Crippen LogP contribution in [0.15, 0.2) is 39.8 Å². The van der Waals surface area contributed by atoms with Gasteiger partial charge >= 0.3 is 0 Å². The number of carbonyl (C=O) groups excluding carboxylic acids is 1. The molecule has 1 aromatic carbocycles. The highest BCUT2D eigenvalue weighted by Crippen LogP contribution is 2.35. The van der Waals surface area contributed by atoms with E-state index < -0.39 is 10.0 Å². The van der Waals surface area contributed by atoms with Gasteiger partial charge in [-0.05, 0) is 34.1 Å². The molecule has 0 radical (unpaired) electrons. The minimum absolute atomic E-state index is 0.0175. The lowest BCUT2D eigenvalue weighted by molar-refractivity contribution is 0.0946. The lowest BCUT2D eigenvalue weighted by atomic mass is 10.3. The van der Waals surface area contributed by atoms with Crippen LogP contribution in [0.3, 0.4) is 0 Å². The number of rotatable bonds is 8. The van der Waals surface area contributed by atoms with Crippen molar-refractivity contribution in [3.63, 3.8) is 0 Å². The Hall–Kier alpha value is -2.04. The van der Waals surface area contributed by atoms with Crippen molar-refractivity contribution < 1.29 is 22.7 Å². The fraction of sp³-hybridized carbons (Fsp3) is 0.312. The summed E-state index contributed by atoms with van der Waals surface area (Å²) in [6.45, 7) is 0.188.